The normalized spacial score (nSPS) is 23.7. The van der Waals surface area contributed by atoms with Crippen LogP contribution in [-0.4, -0.2) is 37.5 Å². The summed E-state index contributed by atoms with van der Waals surface area (Å²) >= 11 is 3.76. The van der Waals surface area contributed by atoms with E-state index >= 15 is 0 Å². The van der Waals surface area contributed by atoms with Crippen molar-refractivity contribution in [3.05, 3.63) is 22.9 Å². The summed E-state index contributed by atoms with van der Waals surface area (Å²) in [7, 11) is 2.05. The fourth-order valence-electron chi connectivity index (χ4n) is 2.67. The predicted molar refractivity (Wildman–Crippen MR) is 77.0 cm³/mol. The van der Waals surface area contributed by atoms with Crippen LogP contribution in [0.25, 0.3) is 5.65 Å². The Hall–Kier alpha value is -1.37. The Balaban J connectivity index is 1.92. The molecule has 0 radical (unpaired) electrons. The van der Waals surface area contributed by atoms with Crippen molar-refractivity contribution < 1.29 is 0 Å². The van der Waals surface area contributed by atoms with E-state index in [2.05, 4.69) is 36.0 Å². The van der Waals surface area contributed by atoms with Crippen molar-refractivity contribution in [1.82, 2.24) is 19.6 Å². The second kappa shape index (κ2) is 4.96. The summed E-state index contributed by atoms with van der Waals surface area (Å²) < 4.78 is 1.41. The van der Waals surface area contributed by atoms with Gasteiger partial charge in [-0.05, 0) is 12.8 Å². The zero-order chi connectivity index (χ0) is 13.4. The lowest BCUT2D eigenvalue weighted by Gasteiger charge is -2.35. The summed E-state index contributed by atoms with van der Waals surface area (Å²) in [6.45, 7) is 0. The van der Waals surface area contributed by atoms with E-state index in [0.717, 1.165) is 12.2 Å². The van der Waals surface area contributed by atoms with E-state index in [9.17, 15) is 4.79 Å². The topological polar surface area (TPSA) is 66.3 Å². The van der Waals surface area contributed by atoms with Crippen LogP contribution in [0.5, 0.6) is 0 Å². The standard InChI is InChI=1S/C12H16BrN5O/c1-17(9-5-3-2-4-8(9)13)10-6-11-15-16-12(19)18(11)7-14-10/h6-9H,2-5H2,1H3,(H,16,19). The molecule has 0 aromatic carbocycles. The molecule has 0 amide bonds. The van der Waals surface area contributed by atoms with Gasteiger partial charge in [0.05, 0.1) is 0 Å². The third-order valence-corrected chi connectivity index (χ3v) is 4.87. The number of nitrogens with one attached hydrogen (secondary N) is 1. The molecule has 19 heavy (non-hydrogen) atoms. The summed E-state index contributed by atoms with van der Waals surface area (Å²) in [4.78, 5) is 18.4. The fourth-order valence-corrected chi connectivity index (χ4v) is 3.61. The minimum Gasteiger partial charge on any atom is -0.355 e. The van der Waals surface area contributed by atoms with Gasteiger partial charge in [-0.2, -0.15) is 5.10 Å². The Morgan fingerprint density at radius 3 is 3.05 bits per heavy atom. The largest absolute Gasteiger partial charge is 0.355 e. The smallest absolute Gasteiger partial charge is 0.348 e. The molecule has 2 unspecified atom stereocenters. The molecular weight excluding hydrogens is 310 g/mol. The van der Waals surface area contributed by atoms with Crippen LogP contribution in [0, 0.1) is 0 Å². The average molecular weight is 326 g/mol. The van der Waals surface area contributed by atoms with Crippen molar-refractivity contribution in [2.45, 2.75) is 36.6 Å². The number of halogens is 1. The van der Waals surface area contributed by atoms with Crippen molar-refractivity contribution in [3.63, 3.8) is 0 Å². The highest BCUT2D eigenvalue weighted by atomic mass is 79.9. The van der Waals surface area contributed by atoms with Gasteiger partial charge in [0.2, 0.25) is 0 Å². The maximum absolute atomic E-state index is 11.4. The molecule has 3 rings (SSSR count). The Labute approximate surface area is 119 Å². The van der Waals surface area contributed by atoms with Crippen LogP contribution >= 0.6 is 15.9 Å². The number of alkyl halides is 1. The maximum atomic E-state index is 11.4. The number of H-pyrrole nitrogens is 1. The highest BCUT2D eigenvalue weighted by molar-refractivity contribution is 9.09. The molecule has 1 aliphatic rings. The highest BCUT2D eigenvalue weighted by Gasteiger charge is 2.27. The van der Waals surface area contributed by atoms with Crippen LogP contribution in [0.15, 0.2) is 17.2 Å². The predicted octanol–water partition coefficient (Wildman–Crippen LogP) is 1.56. The first-order valence-corrected chi connectivity index (χ1v) is 7.38. The minimum absolute atomic E-state index is 0.257. The number of nitrogens with zero attached hydrogens (tertiary/aromatic N) is 4. The molecule has 0 bridgehead atoms. The molecule has 1 N–H and O–H groups in total. The summed E-state index contributed by atoms with van der Waals surface area (Å²) in [6.07, 6.45) is 6.41. The molecule has 102 valence electrons. The highest BCUT2D eigenvalue weighted by Crippen LogP contribution is 2.30. The van der Waals surface area contributed by atoms with Crippen LogP contribution in [0.3, 0.4) is 0 Å². The summed E-state index contributed by atoms with van der Waals surface area (Å²) in [6, 6.07) is 2.28. The molecule has 2 heterocycles. The second-order valence-corrected chi connectivity index (χ2v) is 6.16. The van der Waals surface area contributed by atoms with Crippen molar-refractivity contribution in [2.24, 2.45) is 0 Å². The lowest BCUT2D eigenvalue weighted by molar-refractivity contribution is 0.442. The van der Waals surface area contributed by atoms with E-state index in [0.29, 0.717) is 16.5 Å². The van der Waals surface area contributed by atoms with Crippen LogP contribution < -0.4 is 10.6 Å². The molecule has 7 heteroatoms. The van der Waals surface area contributed by atoms with E-state index in [4.69, 9.17) is 0 Å². The quantitative estimate of drug-likeness (QED) is 0.851. The van der Waals surface area contributed by atoms with E-state index < -0.39 is 0 Å². The van der Waals surface area contributed by atoms with Gasteiger partial charge in [0.1, 0.15) is 12.1 Å². The van der Waals surface area contributed by atoms with Crippen molar-refractivity contribution in [1.29, 1.82) is 0 Å². The van der Waals surface area contributed by atoms with Gasteiger partial charge in [-0.1, -0.05) is 28.8 Å². The van der Waals surface area contributed by atoms with Gasteiger partial charge < -0.3 is 4.90 Å². The van der Waals surface area contributed by atoms with Gasteiger partial charge in [-0.25, -0.2) is 19.3 Å². The van der Waals surface area contributed by atoms with Gasteiger partial charge in [0, 0.05) is 24.0 Å². The molecule has 0 spiro atoms. The molecule has 6 nitrogen and oxygen atoms in total. The van der Waals surface area contributed by atoms with Crippen LogP contribution in [0.1, 0.15) is 25.7 Å². The molecule has 2 aromatic heterocycles. The molecule has 1 fully saturated rings. The van der Waals surface area contributed by atoms with E-state index in [1.54, 1.807) is 0 Å². The number of rotatable bonds is 2. The van der Waals surface area contributed by atoms with Gasteiger partial charge in [0.25, 0.3) is 0 Å². The van der Waals surface area contributed by atoms with Crippen LogP contribution in [-0.2, 0) is 0 Å². The van der Waals surface area contributed by atoms with E-state index in [-0.39, 0.29) is 5.69 Å². The zero-order valence-corrected chi connectivity index (χ0v) is 12.3. The molecule has 0 aliphatic heterocycles. The monoisotopic (exact) mass is 325 g/mol. The fraction of sp³-hybridized carbons (Fsp3) is 0.583. The van der Waals surface area contributed by atoms with Crippen LogP contribution in [0.4, 0.5) is 5.82 Å². The minimum atomic E-state index is -0.257. The molecule has 1 aliphatic carbocycles. The third-order valence-electron chi connectivity index (χ3n) is 3.80. The Morgan fingerprint density at radius 1 is 1.47 bits per heavy atom. The second-order valence-electron chi connectivity index (χ2n) is 4.98. The van der Waals surface area contributed by atoms with E-state index in [1.165, 1.54) is 30.0 Å². The van der Waals surface area contributed by atoms with Gasteiger partial charge >= 0.3 is 5.69 Å². The maximum Gasteiger partial charge on any atom is 0.348 e. The van der Waals surface area contributed by atoms with Crippen molar-refractivity contribution in [3.8, 4) is 0 Å². The molecular formula is C12H16BrN5O. The van der Waals surface area contributed by atoms with Crippen molar-refractivity contribution in [2.75, 3.05) is 11.9 Å². The lowest BCUT2D eigenvalue weighted by atomic mass is 9.94. The third kappa shape index (κ3) is 2.27. The first-order chi connectivity index (χ1) is 9.16. The molecule has 1 saturated carbocycles. The molecule has 2 aromatic rings. The SMILES string of the molecule is CN(c1cc2n[nH]c(=O)n2cn1)C1CCCCC1Br. The lowest BCUT2D eigenvalue weighted by Crippen LogP contribution is -2.41. The van der Waals surface area contributed by atoms with Gasteiger partial charge in [-0.15, -0.1) is 0 Å². The molecule has 0 saturated heterocycles. The summed E-state index contributed by atoms with van der Waals surface area (Å²) in [5.74, 6) is 0.850. The Morgan fingerprint density at radius 2 is 2.26 bits per heavy atom. The summed E-state index contributed by atoms with van der Waals surface area (Å²) in [5.41, 5.74) is 0.344. The number of anilines is 1. The number of aromatic nitrogens is 4. The number of fused-ring (bicyclic) bond motifs is 1. The van der Waals surface area contributed by atoms with E-state index in [1.807, 2.05) is 13.1 Å². The van der Waals surface area contributed by atoms with Gasteiger partial charge in [0.15, 0.2) is 5.65 Å². The molecule has 2 atom stereocenters. The van der Waals surface area contributed by atoms with Crippen molar-refractivity contribution >= 4 is 27.4 Å². The zero-order valence-electron chi connectivity index (χ0n) is 10.7. The number of aromatic amines is 1. The summed E-state index contributed by atoms with van der Waals surface area (Å²) in [5, 5.41) is 6.39. The first kappa shape index (κ1) is 12.7. The number of hydrogen-bond donors (Lipinski definition) is 1. The Bertz CT molecular complexity index is 636. The average Bonchev–Trinajstić information content (AvgIpc) is 2.80. The first-order valence-electron chi connectivity index (χ1n) is 6.46. The van der Waals surface area contributed by atoms with Crippen LogP contribution in [0.2, 0.25) is 0 Å². The Kier molecular flexibility index (Phi) is 3.30. The number of hydrogen-bond acceptors (Lipinski definition) is 4. The van der Waals surface area contributed by atoms with Gasteiger partial charge in [-0.3, -0.25) is 0 Å².